The summed E-state index contributed by atoms with van der Waals surface area (Å²) in [5, 5.41) is 0. The van der Waals surface area contributed by atoms with Crippen molar-refractivity contribution in [2.75, 3.05) is 19.6 Å². The summed E-state index contributed by atoms with van der Waals surface area (Å²) in [6.45, 7) is 5.68. The second kappa shape index (κ2) is 5.90. The van der Waals surface area contributed by atoms with Gasteiger partial charge in [-0.2, -0.15) is 0 Å². The van der Waals surface area contributed by atoms with Crippen LogP contribution < -0.4 is 4.74 Å². The van der Waals surface area contributed by atoms with Crippen LogP contribution in [-0.2, 0) is 0 Å². The maximum Gasteiger partial charge on any atom is 0.119 e. The van der Waals surface area contributed by atoms with Gasteiger partial charge in [0.05, 0.1) is 0 Å². The van der Waals surface area contributed by atoms with Crippen LogP contribution in [0.3, 0.4) is 0 Å². The van der Waals surface area contributed by atoms with Crippen LogP contribution in [0.1, 0.15) is 26.2 Å². The van der Waals surface area contributed by atoms with Crippen molar-refractivity contribution < 1.29 is 4.74 Å². The molecule has 1 atom stereocenters. The topological polar surface area (TPSA) is 12.5 Å². The normalized spacial score (nSPS) is 19.3. The molecule has 2 rings (SSSR count). The molecule has 0 N–H and O–H groups in total. The van der Waals surface area contributed by atoms with Crippen LogP contribution in [0.5, 0.6) is 5.75 Å². The average Bonchev–Trinajstić information content (AvgIpc) is 2.31. The first kappa shape index (κ1) is 11.5. The fourth-order valence-electron chi connectivity index (χ4n) is 2.27. The van der Waals surface area contributed by atoms with Crippen LogP contribution in [0.4, 0.5) is 0 Å². The molecule has 0 aliphatic carbocycles. The average molecular weight is 219 g/mol. The zero-order chi connectivity index (χ0) is 11.2. The third-order valence-corrected chi connectivity index (χ3v) is 3.04. The Morgan fingerprint density at radius 3 is 2.50 bits per heavy atom. The number of nitrogens with zero attached hydrogens (tertiary/aromatic N) is 1. The van der Waals surface area contributed by atoms with E-state index in [-0.39, 0.29) is 6.10 Å². The fraction of sp³-hybridized carbons (Fsp3) is 0.571. The third-order valence-electron chi connectivity index (χ3n) is 3.04. The predicted octanol–water partition coefficient (Wildman–Crippen LogP) is 2.94. The maximum atomic E-state index is 5.88. The summed E-state index contributed by atoms with van der Waals surface area (Å²) in [4.78, 5) is 2.51. The van der Waals surface area contributed by atoms with Crippen molar-refractivity contribution in [3.63, 3.8) is 0 Å². The van der Waals surface area contributed by atoms with Crippen molar-refractivity contribution >= 4 is 0 Å². The lowest BCUT2D eigenvalue weighted by molar-refractivity contribution is 0.130. The molecule has 2 nitrogen and oxygen atoms in total. The largest absolute Gasteiger partial charge is 0.489 e. The maximum absolute atomic E-state index is 5.88. The van der Waals surface area contributed by atoms with Gasteiger partial charge in [0, 0.05) is 6.54 Å². The fourth-order valence-corrected chi connectivity index (χ4v) is 2.27. The van der Waals surface area contributed by atoms with Gasteiger partial charge in [0.2, 0.25) is 0 Å². The van der Waals surface area contributed by atoms with Gasteiger partial charge >= 0.3 is 0 Å². The molecule has 1 aliphatic heterocycles. The zero-order valence-electron chi connectivity index (χ0n) is 10.1. The van der Waals surface area contributed by atoms with E-state index in [0.717, 1.165) is 12.3 Å². The molecule has 1 aromatic rings. The minimum atomic E-state index is 0.278. The van der Waals surface area contributed by atoms with Gasteiger partial charge < -0.3 is 4.74 Å². The molecule has 0 unspecified atom stereocenters. The second-order valence-electron chi connectivity index (χ2n) is 4.60. The Balaban J connectivity index is 1.77. The van der Waals surface area contributed by atoms with E-state index in [4.69, 9.17) is 4.74 Å². The van der Waals surface area contributed by atoms with Gasteiger partial charge in [-0.25, -0.2) is 0 Å². The Bertz CT molecular complexity index is 293. The molecule has 0 saturated carbocycles. The molecule has 88 valence electrons. The molecule has 0 amide bonds. The number of hydrogen-bond acceptors (Lipinski definition) is 2. The summed E-state index contributed by atoms with van der Waals surface area (Å²) in [7, 11) is 0. The first-order chi connectivity index (χ1) is 7.84. The predicted molar refractivity (Wildman–Crippen MR) is 66.8 cm³/mol. The number of likely N-dealkylation sites (tertiary alicyclic amines) is 1. The summed E-state index contributed by atoms with van der Waals surface area (Å²) < 4.78 is 5.88. The van der Waals surface area contributed by atoms with E-state index in [1.807, 2.05) is 30.3 Å². The molecule has 1 fully saturated rings. The van der Waals surface area contributed by atoms with Crippen LogP contribution in [0.2, 0.25) is 0 Å². The van der Waals surface area contributed by atoms with E-state index in [1.54, 1.807) is 0 Å². The summed E-state index contributed by atoms with van der Waals surface area (Å²) in [6, 6.07) is 10.1. The molecular formula is C14H21NO. The van der Waals surface area contributed by atoms with Crippen LogP contribution in [0.25, 0.3) is 0 Å². The molecule has 16 heavy (non-hydrogen) atoms. The molecule has 0 aromatic heterocycles. The van der Waals surface area contributed by atoms with Gasteiger partial charge in [0.15, 0.2) is 0 Å². The third kappa shape index (κ3) is 3.53. The minimum absolute atomic E-state index is 0.278. The minimum Gasteiger partial charge on any atom is -0.489 e. The summed E-state index contributed by atoms with van der Waals surface area (Å²) in [5.41, 5.74) is 0. The van der Waals surface area contributed by atoms with Gasteiger partial charge in [-0.1, -0.05) is 24.6 Å². The molecule has 1 aromatic carbocycles. The van der Waals surface area contributed by atoms with Crippen LogP contribution in [0.15, 0.2) is 30.3 Å². The smallest absolute Gasteiger partial charge is 0.119 e. The zero-order valence-corrected chi connectivity index (χ0v) is 10.1. The lowest BCUT2D eigenvalue weighted by Crippen LogP contribution is -2.37. The van der Waals surface area contributed by atoms with Crippen LogP contribution in [-0.4, -0.2) is 30.6 Å². The van der Waals surface area contributed by atoms with E-state index >= 15 is 0 Å². The van der Waals surface area contributed by atoms with Crippen LogP contribution in [0, 0.1) is 0 Å². The molecular weight excluding hydrogens is 198 g/mol. The number of piperidine rings is 1. The monoisotopic (exact) mass is 219 g/mol. The first-order valence-corrected chi connectivity index (χ1v) is 6.28. The van der Waals surface area contributed by atoms with Crippen molar-refractivity contribution in [1.29, 1.82) is 0 Å². The Labute approximate surface area is 98.2 Å². The highest BCUT2D eigenvalue weighted by atomic mass is 16.5. The number of para-hydroxylation sites is 1. The van der Waals surface area contributed by atoms with E-state index in [2.05, 4.69) is 11.8 Å². The van der Waals surface area contributed by atoms with Crippen LogP contribution >= 0.6 is 0 Å². The van der Waals surface area contributed by atoms with Gasteiger partial charge in [-0.15, -0.1) is 0 Å². The van der Waals surface area contributed by atoms with Gasteiger partial charge in [0.1, 0.15) is 11.9 Å². The molecule has 1 heterocycles. The van der Waals surface area contributed by atoms with Gasteiger partial charge in [0.25, 0.3) is 0 Å². The number of hydrogen-bond donors (Lipinski definition) is 0. The Hall–Kier alpha value is -1.02. The van der Waals surface area contributed by atoms with Crippen molar-refractivity contribution in [2.45, 2.75) is 32.3 Å². The van der Waals surface area contributed by atoms with E-state index < -0.39 is 0 Å². The lowest BCUT2D eigenvalue weighted by atomic mass is 10.1. The van der Waals surface area contributed by atoms with Gasteiger partial charge in [-0.3, -0.25) is 4.90 Å². The number of ether oxygens (including phenoxy) is 1. The van der Waals surface area contributed by atoms with Gasteiger partial charge in [-0.05, 0) is 45.0 Å². The van der Waals surface area contributed by atoms with Crippen molar-refractivity contribution in [1.82, 2.24) is 4.90 Å². The SMILES string of the molecule is C[C@H](CN1CCCCC1)Oc1ccccc1. The molecule has 2 heteroatoms. The quantitative estimate of drug-likeness (QED) is 0.772. The second-order valence-corrected chi connectivity index (χ2v) is 4.60. The van der Waals surface area contributed by atoms with Crippen molar-refractivity contribution in [3.8, 4) is 5.75 Å². The summed E-state index contributed by atoms with van der Waals surface area (Å²) >= 11 is 0. The van der Waals surface area contributed by atoms with Crippen molar-refractivity contribution in [2.24, 2.45) is 0 Å². The Morgan fingerprint density at radius 1 is 1.12 bits per heavy atom. The Kier molecular flexibility index (Phi) is 4.23. The number of rotatable bonds is 4. The highest BCUT2D eigenvalue weighted by Crippen LogP contribution is 2.13. The van der Waals surface area contributed by atoms with Crippen molar-refractivity contribution in [3.05, 3.63) is 30.3 Å². The summed E-state index contributed by atoms with van der Waals surface area (Å²) in [6.07, 6.45) is 4.36. The first-order valence-electron chi connectivity index (χ1n) is 6.28. The molecule has 1 aliphatic rings. The van der Waals surface area contributed by atoms with E-state index in [9.17, 15) is 0 Å². The number of benzene rings is 1. The molecule has 0 bridgehead atoms. The van der Waals surface area contributed by atoms with E-state index in [1.165, 1.54) is 32.4 Å². The molecule has 0 radical (unpaired) electrons. The summed E-state index contributed by atoms with van der Waals surface area (Å²) in [5.74, 6) is 0.979. The highest BCUT2D eigenvalue weighted by Gasteiger charge is 2.13. The Morgan fingerprint density at radius 2 is 1.81 bits per heavy atom. The lowest BCUT2D eigenvalue weighted by Gasteiger charge is -2.29. The standard InChI is InChI=1S/C14H21NO/c1-13(12-15-10-6-3-7-11-15)16-14-8-4-2-5-9-14/h2,4-5,8-9,13H,3,6-7,10-12H2,1H3/t13-/m1/s1. The molecule has 0 spiro atoms. The van der Waals surface area contributed by atoms with E-state index in [0.29, 0.717) is 0 Å². The molecule has 1 saturated heterocycles. The highest BCUT2D eigenvalue weighted by molar-refractivity contribution is 5.21.